The molecule has 0 aliphatic carbocycles. The molecule has 0 saturated heterocycles. The topological polar surface area (TPSA) is 65.2 Å². The van der Waals surface area contributed by atoms with Crippen LogP contribution < -0.4 is 0 Å². The average Bonchev–Trinajstić information content (AvgIpc) is 2.88. The van der Waals surface area contributed by atoms with Crippen LogP contribution in [0.4, 0.5) is 4.39 Å². The number of esters is 1. The summed E-state index contributed by atoms with van der Waals surface area (Å²) in [7, 11) is 1.30. The van der Waals surface area contributed by atoms with E-state index in [1.807, 2.05) is 0 Å². The molecule has 0 atom stereocenters. The van der Waals surface area contributed by atoms with Gasteiger partial charge in [-0.15, -0.1) is 0 Å². The van der Waals surface area contributed by atoms with E-state index in [-0.39, 0.29) is 11.5 Å². The lowest BCUT2D eigenvalue weighted by Gasteiger charge is -2.05. The van der Waals surface area contributed by atoms with Crippen LogP contribution in [-0.2, 0) is 4.74 Å². The second-order valence-corrected chi connectivity index (χ2v) is 4.50. The van der Waals surface area contributed by atoms with Crippen molar-refractivity contribution >= 4 is 17.1 Å². The molecule has 0 N–H and O–H groups in total. The van der Waals surface area contributed by atoms with Crippen molar-refractivity contribution in [1.82, 2.24) is 10.1 Å². The molecule has 0 amide bonds. The zero-order chi connectivity index (χ0) is 15.0. The molecule has 0 bridgehead atoms. The summed E-state index contributed by atoms with van der Waals surface area (Å²) in [5, 5.41) is 4.34. The van der Waals surface area contributed by atoms with Crippen molar-refractivity contribution in [3.05, 3.63) is 47.4 Å². The molecule has 0 fully saturated rings. The summed E-state index contributed by atoms with van der Waals surface area (Å²) in [4.78, 5) is 16.2. The molecule has 0 spiro atoms. The number of hydrogen-bond donors (Lipinski definition) is 0. The highest BCUT2D eigenvalue weighted by atomic mass is 19.1. The molecule has 0 unspecified atom stereocenters. The fourth-order valence-electron chi connectivity index (χ4n) is 2.13. The monoisotopic (exact) mass is 286 g/mol. The molecule has 6 heteroatoms. The number of rotatable bonds is 2. The van der Waals surface area contributed by atoms with E-state index in [9.17, 15) is 9.18 Å². The maximum atomic E-state index is 13.0. The van der Waals surface area contributed by atoms with Gasteiger partial charge in [0.2, 0.25) is 0 Å². The Bertz CT molecular complexity index is 825. The van der Waals surface area contributed by atoms with Crippen molar-refractivity contribution in [2.45, 2.75) is 6.92 Å². The Hall–Kier alpha value is -2.76. The third-order valence-corrected chi connectivity index (χ3v) is 3.16. The van der Waals surface area contributed by atoms with E-state index in [0.29, 0.717) is 27.9 Å². The van der Waals surface area contributed by atoms with Crippen LogP contribution in [0.15, 0.2) is 34.9 Å². The maximum Gasteiger partial charge on any atom is 0.338 e. The number of pyridine rings is 1. The lowest BCUT2D eigenvalue weighted by atomic mass is 10.1. The molecule has 0 aliphatic rings. The summed E-state index contributed by atoms with van der Waals surface area (Å²) in [5.41, 5.74) is 2.27. The number of ether oxygens (including phenoxy) is 1. The lowest BCUT2D eigenvalue weighted by Crippen LogP contribution is -2.03. The van der Waals surface area contributed by atoms with Gasteiger partial charge in [0.1, 0.15) is 5.82 Å². The van der Waals surface area contributed by atoms with Gasteiger partial charge in [0.25, 0.3) is 5.71 Å². The first kappa shape index (κ1) is 13.2. The second kappa shape index (κ2) is 4.97. The third kappa shape index (κ3) is 2.24. The van der Waals surface area contributed by atoms with E-state index < -0.39 is 5.97 Å². The Balaban J connectivity index is 2.25. The molecule has 5 nitrogen and oxygen atoms in total. The minimum atomic E-state index is -0.503. The zero-order valence-corrected chi connectivity index (χ0v) is 11.4. The Morgan fingerprint density at radius 1 is 1.29 bits per heavy atom. The number of hydrogen-bond acceptors (Lipinski definition) is 5. The minimum Gasteiger partial charge on any atom is -0.465 e. The molecule has 21 heavy (non-hydrogen) atoms. The van der Waals surface area contributed by atoms with Gasteiger partial charge in [-0.2, -0.15) is 0 Å². The van der Waals surface area contributed by atoms with E-state index >= 15 is 0 Å². The highest BCUT2D eigenvalue weighted by Crippen LogP contribution is 2.27. The fraction of sp³-hybridized carbons (Fsp3) is 0.133. The molecule has 3 rings (SSSR count). The maximum absolute atomic E-state index is 13.0. The predicted octanol–water partition coefficient (Wildman–Crippen LogP) is 3.12. The molecule has 0 saturated carbocycles. The SMILES string of the molecule is COC(=O)c1cc(-c2ccc(F)cc2)nc2onc(C)c12. The fourth-order valence-corrected chi connectivity index (χ4v) is 2.13. The van der Waals surface area contributed by atoms with Gasteiger partial charge in [-0.3, -0.25) is 0 Å². The first-order valence-electron chi connectivity index (χ1n) is 6.21. The Kier molecular flexibility index (Phi) is 3.13. The van der Waals surface area contributed by atoms with E-state index in [1.54, 1.807) is 25.1 Å². The number of nitrogens with zero attached hydrogens (tertiary/aromatic N) is 2. The summed E-state index contributed by atoms with van der Waals surface area (Å²) < 4.78 is 22.9. The summed E-state index contributed by atoms with van der Waals surface area (Å²) in [5.74, 6) is -0.847. The third-order valence-electron chi connectivity index (χ3n) is 3.16. The van der Waals surface area contributed by atoms with Gasteiger partial charge >= 0.3 is 5.97 Å². The van der Waals surface area contributed by atoms with Crippen LogP contribution in [0, 0.1) is 12.7 Å². The lowest BCUT2D eigenvalue weighted by molar-refractivity contribution is 0.0603. The first-order valence-corrected chi connectivity index (χ1v) is 6.21. The van der Waals surface area contributed by atoms with Crippen LogP contribution >= 0.6 is 0 Å². The molecule has 1 aromatic carbocycles. The molecule has 106 valence electrons. The molecule has 3 aromatic rings. The van der Waals surface area contributed by atoms with Crippen molar-refractivity contribution in [2.24, 2.45) is 0 Å². The van der Waals surface area contributed by atoms with E-state index in [2.05, 4.69) is 10.1 Å². The number of methoxy groups -OCH3 is 1. The zero-order valence-electron chi connectivity index (χ0n) is 11.4. The summed E-state index contributed by atoms with van der Waals surface area (Å²) in [6.45, 7) is 1.72. The van der Waals surface area contributed by atoms with E-state index in [1.165, 1.54) is 19.2 Å². The molecular formula is C15H11FN2O3. The van der Waals surface area contributed by atoms with E-state index in [4.69, 9.17) is 9.26 Å². The standard InChI is InChI=1S/C15H11FN2O3/c1-8-13-11(15(19)20-2)7-12(17-14(13)21-18-8)9-3-5-10(16)6-4-9/h3-7H,1-2H3. The Morgan fingerprint density at radius 3 is 2.67 bits per heavy atom. The van der Waals surface area contributed by atoms with Crippen LogP contribution in [0.25, 0.3) is 22.4 Å². The van der Waals surface area contributed by atoms with Crippen molar-refractivity contribution in [3.63, 3.8) is 0 Å². The van der Waals surface area contributed by atoms with Gasteiger partial charge in [-0.05, 0) is 37.3 Å². The van der Waals surface area contributed by atoms with Gasteiger partial charge in [0.15, 0.2) is 0 Å². The van der Waals surface area contributed by atoms with Crippen molar-refractivity contribution in [2.75, 3.05) is 7.11 Å². The molecule has 2 heterocycles. The molecule has 2 aromatic heterocycles. The summed E-state index contributed by atoms with van der Waals surface area (Å²) in [6, 6.07) is 7.39. The second-order valence-electron chi connectivity index (χ2n) is 4.50. The average molecular weight is 286 g/mol. The highest BCUT2D eigenvalue weighted by molar-refractivity contribution is 6.04. The smallest absolute Gasteiger partial charge is 0.338 e. The van der Waals surface area contributed by atoms with Gasteiger partial charge in [0.05, 0.1) is 29.4 Å². The number of carbonyl (C=O) groups excluding carboxylic acids is 1. The van der Waals surface area contributed by atoms with Crippen LogP contribution in [0.2, 0.25) is 0 Å². The number of halogens is 1. The predicted molar refractivity (Wildman–Crippen MR) is 73.3 cm³/mol. The largest absolute Gasteiger partial charge is 0.465 e. The van der Waals surface area contributed by atoms with Gasteiger partial charge < -0.3 is 9.26 Å². The van der Waals surface area contributed by atoms with Crippen molar-refractivity contribution < 1.29 is 18.4 Å². The molecular weight excluding hydrogens is 275 g/mol. The van der Waals surface area contributed by atoms with Crippen LogP contribution in [-0.4, -0.2) is 23.2 Å². The van der Waals surface area contributed by atoms with Crippen LogP contribution in [0.5, 0.6) is 0 Å². The number of fused-ring (bicyclic) bond motifs is 1. The normalized spacial score (nSPS) is 10.8. The number of benzene rings is 1. The van der Waals surface area contributed by atoms with Crippen LogP contribution in [0.1, 0.15) is 16.1 Å². The van der Waals surface area contributed by atoms with E-state index in [0.717, 1.165) is 0 Å². The van der Waals surface area contributed by atoms with Gasteiger partial charge in [-0.1, -0.05) is 5.16 Å². The Morgan fingerprint density at radius 2 is 2.00 bits per heavy atom. The first-order chi connectivity index (χ1) is 10.1. The van der Waals surface area contributed by atoms with Crippen molar-refractivity contribution in [3.8, 4) is 11.3 Å². The highest BCUT2D eigenvalue weighted by Gasteiger charge is 2.19. The number of aromatic nitrogens is 2. The molecule has 0 aliphatic heterocycles. The number of aryl methyl sites for hydroxylation is 1. The number of carbonyl (C=O) groups is 1. The van der Waals surface area contributed by atoms with Crippen molar-refractivity contribution in [1.29, 1.82) is 0 Å². The quantitative estimate of drug-likeness (QED) is 0.677. The Labute approximate surface area is 119 Å². The minimum absolute atomic E-state index is 0.245. The van der Waals surface area contributed by atoms with Crippen LogP contribution in [0.3, 0.4) is 0 Å². The van der Waals surface area contributed by atoms with Gasteiger partial charge in [0, 0.05) is 5.56 Å². The van der Waals surface area contributed by atoms with Gasteiger partial charge in [-0.25, -0.2) is 14.2 Å². The molecule has 0 radical (unpaired) electrons. The summed E-state index contributed by atoms with van der Waals surface area (Å²) in [6.07, 6.45) is 0. The summed E-state index contributed by atoms with van der Waals surface area (Å²) >= 11 is 0.